The summed E-state index contributed by atoms with van der Waals surface area (Å²) in [4.78, 5) is 0. The fraction of sp³-hybridized carbons (Fsp3) is 0.958. The second-order valence-electron chi connectivity index (χ2n) is 21.7. The molecule has 69 heavy (non-hydrogen) atoms. The fourth-order valence-corrected chi connectivity index (χ4v) is 13.9. The van der Waals surface area contributed by atoms with Crippen LogP contribution >= 0.6 is 0 Å². The van der Waals surface area contributed by atoms with Crippen LogP contribution in [0.4, 0.5) is 0 Å². The smallest absolute Gasteiger partial charge is 0.187 e. The Morgan fingerprint density at radius 2 is 1.25 bits per heavy atom. The molecule has 0 spiro atoms. The van der Waals surface area contributed by atoms with Crippen molar-refractivity contribution in [1.29, 1.82) is 0 Å². The first kappa shape index (κ1) is 54.2. The van der Waals surface area contributed by atoms with Crippen LogP contribution in [0, 0.1) is 16.7 Å². The molecular weight excluding hydrogens is 913 g/mol. The monoisotopic (exact) mass is 993 g/mol. The summed E-state index contributed by atoms with van der Waals surface area (Å²) in [6.07, 6.45) is -15.7. The lowest BCUT2D eigenvalue weighted by Crippen LogP contribution is -2.78. The molecule has 3 saturated carbocycles. The summed E-state index contributed by atoms with van der Waals surface area (Å²) < 4.78 is 67.6. The lowest BCUT2D eigenvalue weighted by atomic mass is 9.42. The van der Waals surface area contributed by atoms with Gasteiger partial charge >= 0.3 is 0 Å². The van der Waals surface area contributed by atoms with Gasteiger partial charge < -0.3 is 103 Å². The first-order valence-corrected chi connectivity index (χ1v) is 24.8. The highest BCUT2D eigenvalue weighted by molar-refractivity contribution is 5.36. The van der Waals surface area contributed by atoms with Crippen molar-refractivity contribution in [2.75, 3.05) is 27.9 Å². The SMILES string of the molecule is CO[C@@H]1[C@@H](O)[C@H](O[C@@H]2[C@@H](C)O[C@@H](O[C@H]3[C@@H](OC)C[C@H](O[C@H]4CC[C@@]5(C)C(=CC[C@]6(O)[C@@H]5C[C@@H](O)[C@@]5(C)[C@]6(O)CC[C@@]5(O)[C@@H](C)O)C4)O[C@@H]3C)C[C@H]2OC)O[C@H](C)[C@H]1O[C@@H]1O[C@H](CO)[C@@H](O)[C@H](O)[C@H]1O. The molecule has 21 heteroatoms. The van der Waals surface area contributed by atoms with E-state index in [0.29, 0.717) is 25.7 Å². The maximum absolute atomic E-state index is 12.6. The molecule has 10 N–H and O–H groups in total. The third-order valence-corrected chi connectivity index (χ3v) is 18.3. The Balaban J connectivity index is 0.859. The molecule has 0 amide bonds. The summed E-state index contributed by atoms with van der Waals surface area (Å²) in [5.74, 6) is -0.496. The number of rotatable bonds is 13. The van der Waals surface area contributed by atoms with Crippen molar-refractivity contribution in [3.05, 3.63) is 11.6 Å². The van der Waals surface area contributed by atoms with Crippen LogP contribution in [-0.4, -0.2) is 225 Å². The summed E-state index contributed by atoms with van der Waals surface area (Å²) >= 11 is 0. The van der Waals surface area contributed by atoms with E-state index in [0.717, 1.165) is 5.57 Å². The van der Waals surface area contributed by atoms with E-state index in [-0.39, 0.29) is 38.2 Å². The summed E-state index contributed by atoms with van der Waals surface area (Å²) in [7, 11) is 4.50. The topological polar surface area (TPSA) is 304 Å². The highest BCUT2D eigenvalue weighted by Gasteiger charge is 2.80. The molecule has 0 aromatic carbocycles. The number of aliphatic hydroxyl groups is 10. The van der Waals surface area contributed by atoms with Gasteiger partial charge in [-0.2, -0.15) is 0 Å². The summed E-state index contributed by atoms with van der Waals surface area (Å²) in [5.41, 5.74) is -6.24. The predicted molar refractivity (Wildman–Crippen MR) is 237 cm³/mol. The second-order valence-corrected chi connectivity index (χ2v) is 21.7. The van der Waals surface area contributed by atoms with Gasteiger partial charge in [-0.3, -0.25) is 0 Å². The standard InChI is InChI=1S/C48H80O21/c1-21-38(67-33-18-28(60-8)39(22(2)63-33)68-43-37(55)41(61-9)40(23(3)64-43)69-42-36(54)35(53)34(52)29(20-49)66-42)27(59-7)17-32(62-21)65-26-11-12-44(5)25(16-26)10-13-47(57)30(44)19-31(51)45(6)46(56,24(4)50)14-15-48(45,47)58/h10,21-24,26-43,49-58H,11-20H2,1-9H3/t21-,22-,23-,24-,26+,27+,28-,29-,30-,31-,32+,33+,34-,35+,36-,37-,38-,39-,40-,41-,42+,43+,44+,45-,46-,47+,48-/m1/s1. The van der Waals surface area contributed by atoms with Gasteiger partial charge in [0.25, 0.3) is 0 Å². The maximum Gasteiger partial charge on any atom is 0.187 e. The number of ether oxygens (including phenoxy) is 11. The quantitative estimate of drug-likeness (QED) is 0.0993. The Labute approximate surface area is 403 Å². The normalized spacial score (nSPS) is 55.1. The zero-order valence-corrected chi connectivity index (χ0v) is 41.3. The van der Waals surface area contributed by atoms with E-state index in [4.69, 9.17) is 52.1 Å². The minimum atomic E-state index is -1.83. The molecule has 21 nitrogen and oxygen atoms in total. The Bertz CT molecular complexity index is 1790. The molecule has 4 aliphatic heterocycles. The lowest BCUT2D eigenvalue weighted by Gasteiger charge is -2.67. The van der Waals surface area contributed by atoms with Crippen LogP contribution in [0.5, 0.6) is 0 Å². The average Bonchev–Trinajstić information content (AvgIpc) is 3.55. The van der Waals surface area contributed by atoms with E-state index in [2.05, 4.69) is 6.92 Å². The van der Waals surface area contributed by atoms with Crippen LogP contribution in [0.2, 0.25) is 0 Å². The van der Waals surface area contributed by atoms with Crippen LogP contribution in [0.1, 0.15) is 99.3 Å². The van der Waals surface area contributed by atoms with E-state index in [1.54, 1.807) is 27.9 Å². The zero-order valence-electron chi connectivity index (χ0n) is 41.3. The van der Waals surface area contributed by atoms with Crippen molar-refractivity contribution in [3.63, 3.8) is 0 Å². The highest BCUT2D eigenvalue weighted by atomic mass is 16.8. The van der Waals surface area contributed by atoms with Crippen LogP contribution in [0.25, 0.3) is 0 Å². The van der Waals surface area contributed by atoms with Crippen molar-refractivity contribution in [2.24, 2.45) is 16.7 Å². The highest BCUT2D eigenvalue weighted by Crippen LogP contribution is 2.70. The second kappa shape index (κ2) is 20.2. The van der Waals surface area contributed by atoms with E-state index in [1.165, 1.54) is 21.1 Å². The predicted octanol–water partition coefficient (Wildman–Crippen LogP) is -0.977. The van der Waals surface area contributed by atoms with E-state index in [1.807, 2.05) is 13.0 Å². The molecular formula is C48H80O21. The molecule has 4 aliphatic carbocycles. The molecule has 0 aromatic heterocycles. The molecule has 7 fully saturated rings. The Morgan fingerprint density at radius 3 is 1.84 bits per heavy atom. The molecule has 0 aromatic rings. The van der Waals surface area contributed by atoms with E-state index < -0.39 is 163 Å². The molecule has 8 aliphatic rings. The van der Waals surface area contributed by atoms with Gasteiger partial charge in [-0.05, 0) is 78.1 Å². The molecule has 8 rings (SSSR count). The summed E-state index contributed by atoms with van der Waals surface area (Å²) in [6, 6.07) is 0. The largest absolute Gasteiger partial charge is 0.394 e. The third-order valence-electron chi connectivity index (χ3n) is 18.3. The number of fused-ring (bicyclic) bond motifs is 5. The van der Waals surface area contributed by atoms with E-state index >= 15 is 0 Å². The van der Waals surface area contributed by atoms with Gasteiger partial charge in [-0.15, -0.1) is 0 Å². The molecule has 0 radical (unpaired) electrons. The molecule has 0 unspecified atom stereocenters. The number of aliphatic hydroxyl groups excluding tert-OH is 7. The van der Waals surface area contributed by atoms with Crippen LogP contribution < -0.4 is 0 Å². The number of hydrogen-bond donors (Lipinski definition) is 10. The minimum Gasteiger partial charge on any atom is -0.394 e. The van der Waals surface area contributed by atoms with E-state index in [9.17, 15) is 51.1 Å². The van der Waals surface area contributed by atoms with Gasteiger partial charge in [0.2, 0.25) is 0 Å². The van der Waals surface area contributed by atoms with Gasteiger partial charge in [-0.1, -0.05) is 25.5 Å². The fourth-order valence-electron chi connectivity index (χ4n) is 13.9. The van der Waals surface area contributed by atoms with Crippen LogP contribution in [-0.2, 0) is 52.1 Å². The van der Waals surface area contributed by atoms with Crippen LogP contribution in [0.3, 0.4) is 0 Å². The molecule has 0 bridgehead atoms. The van der Waals surface area contributed by atoms with Crippen molar-refractivity contribution < 1.29 is 103 Å². The summed E-state index contributed by atoms with van der Waals surface area (Å²) in [5, 5.41) is 111. The van der Waals surface area contributed by atoms with Gasteiger partial charge in [0.15, 0.2) is 25.2 Å². The van der Waals surface area contributed by atoms with Crippen molar-refractivity contribution in [1.82, 2.24) is 0 Å². The number of hydrogen-bond acceptors (Lipinski definition) is 21. The Morgan fingerprint density at radius 1 is 0.667 bits per heavy atom. The van der Waals surface area contributed by atoms with Crippen LogP contribution in [0.15, 0.2) is 11.6 Å². The Kier molecular flexibility index (Phi) is 15.9. The maximum atomic E-state index is 12.6. The van der Waals surface area contributed by atoms with Gasteiger partial charge in [-0.25, -0.2) is 0 Å². The minimum absolute atomic E-state index is 0.0481. The molecule has 4 saturated heterocycles. The third kappa shape index (κ3) is 8.80. The van der Waals surface area contributed by atoms with Crippen molar-refractivity contribution >= 4 is 0 Å². The lowest BCUT2D eigenvalue weighted by molar-refractivity contribution is -0.373. The Hall–Kier alpha value is -1.10. The number of methoxy groups -OCH3 is 3. The van der Waals surface area contributed by atoms with Gasteiger partial charge in [0.1, 0.15) is 71.7 Å². The van der Waals surface area contributed by atoms with Crippen molar-refractivity contribution in [2.45, 2.75) is 245 Å². The molecule has 27 atom stereocenters. The van der Waals surface area contributed by atoms with Gasteiger partial charge in [0, 0.05) is 40.1 Å². The summed E-state index contributed by atoms with van der Waals surface area (Å²) in [6.45, 7) is 9.84. The van der Waals surface area contributed by atoms with Gasteiger partial charge in [0.05, 0.1) is 60.9 Å². The zero-order chi connectivity index (χ0) is 50.3. The van der Waals surface area contributed by atoms with Crippen molar-refractivity contribution in [3.8, 4) is 0 Å². The average molecular weight is 993 g/mol. The molecule has 398 valence electrons. The molecule has 4 heterocycles. The first-order chi connectivity index (χ1) is 32.5. The first-order valence-electron chi connectivity index (χ1n) is 24.8.